The smallest absolute Gasteiger partial charge is 0.434 e. The molecule has 6 N–H and O–H groups in total. The first kappa shape index (κ1) is 40.1. The van der Waals surface area contributed by atoms with E-state index < -0.39 is 46.9 Å². The van der Waals surface area contributed by atoms with Crippen molar-refractivity contribution >= 4 is 33.7 Å². The van der Waals surface area contributed by atoms with Gasteiger partial charge in [0.15, 0.2) is 0 Å². The van der Waals surface area contributed by atoms with Gasteiger partial charge >= 0.3 is 24.3 Å². The van der Waals surface area contributed by atoms with Crippen LogP contribution in [0.4, 0.5) is 26.3 Å². The molecular formula is C38H34F6N2O7. The standard InChI is InChI=1S/2C19H16F3NO3.H2O/c2*1-2-26-17(24)18(25,19(20,21)22)16-15(12-8-4-3-5-9-12)13-10-6-7-11-14(13)23-16;/h2*3-11,23,25H,2H2,1H3;1H2/t2*18-;/m11./s1. The number of aromatic amines is 2. The number of aromatic nitrogens is 2. The predicted octanol–water partition coefficient (Wildman–Crippen LogP) is 7.47. The molecule has 0 spiro atoms. The van der Waals surface area contributed by atoms with Gasteiger partial charge in [-0.25, -0.2) is 9.59 Å². The van der Waals surface area contributed by atoms with Gasteiger partial charge in [-0.1, -0.05) is 97.1 Å². The second-order valence-corrected chi connectivity index (χ2v) is 11.4. The third-order valence-corrected chi connectivity index (χ3v) is 8.22. The third kappa shape index (κ3) is 7.23. The number of benzene rings is 4. The molecule has 4 aromatic carbocycles. The lowest BCUT2D eigenvalue weighted by Gasteiger charge is -2.28. The highest BCUT2D eigenvalue weighted by Crippen LogP contribution is 2.47. The van der Waals surface area contributed by atoms with Gasteiger partial charge in [0.1, 0.15) is 0 Å². The normalized spacial score (nSPS) is 13.9. The number of fused-ring (bicyclic) bond motifs is 2. The van der Waals surface area contributed by atoms with Crippen LogP contribution >= 0.6 is 0 Å². The fourth-order valence-corrected chi connectivity index (χ4v) is 5.83. The van der Waals surface area contributed by atoms with Crippen LogP contribution in [0.15, 0.2) is 109 Å². The van der Waals surface area contributed by atoms with Crippen molar-refractivity contribution in [1.82, 2.24) is 9.97 Å². The number of aliphatic hydroxyl groups is 2. The largest absolute Gasteiger partial charge is 0.463 e. The molecule has 0 amide bonds. The van der Waals surface area contributed by atoms with Gasteiger partial charge in [0.05, 0.1) is 24.6 Å². The van der Waals surface area contributed by atoms with Crippen LogP contribution in [0.5, 0.6) is 0 Å². The molecule has 0 aliphatic rings. The lowest BCUT2D eigenvalue weighted by molar-refractivity contribution is -0.269. The van der Waals surface area contributed by atoms with Crippen LogP contribution in [0, 0.1) is 0 Å². The van der Waals surface area contributed by atoms with Gasteiger partial charge in [-0.15, -0.1) is 0 Å². The van der Waals surface area contributed by atoms with Crippen molar-refractivity contribution in [3.63, 3.8) is 0 Å². The molecule has 0 bridgehead atoms. The summed E-state index contributed by atoms with van der Waals surface area (Å²) in [7, 11) is 0. The minimum absolute atomic E-state index is 0. The summed E-state index contributed by atoms with van der Waals surface area (Å²) in [5.41, 5.74) is -7.12. The molecule has 0 fully saturated rings. The van der Waals surface area contributed by atoms with E-state index in [1.807, 2.05) is 0 Å². The van der Waals surface area contributed by atoms with E-state index >= 15 is 0 Å². The molecule has 2 atom stereocenters. The molecular weight excluding hydrogens is 710 g/mol. The molecule has 9 nitrogen and oxygen atoms in total. The van der Waals surface area contributed by atoms with Gasteiger partial charge in [0, 0.05) is 32.9 Å². The first-order valence-corrected chi connectivity index (χ1v) is 15.9. The molecule has 2 aromatic heterocycles. The summed E-state index contributed by atoms with van der Waals surface area (Å²) in [5.74, 6) is -3.53. The lowest BCUT2D eigenvalue weighted by atomic mass is 9.91. The van der Waals surface area contributed by atoms with Crippen molar-refractivity contribution in [2.45, 2.75) is 37.4 Å². The molecule has 0 saturated carbocycles. The van der Waals surface area contributed by atoms with Gasteiger partial charge in [-0.05, 0) is 37.1 Å². The number of ether oxygens (including phenoxy) is 2. The zero-order valence-corrected chi connectivity index (χ0v) is 28.1. The number of nitrogens with one attached hydrogen (secondary N) is 2. The van der Waals surface area contributed by atoms with Crippen molar-refractivity contribution in [1.29, 1.82) is 0 Å². The van der Waals surface area contributed by atoms with Crippen LogP contribution < -0.4 is 0 Å². The summed E-state index contributed by atoms with van der Waals surface area (Å²) in [5, 5.41) is 22.0. The Balaban J connectivity index is 0.000000232. The van der Waals surface area contributed by atoms with Gasteiger partial charge in [0.2, 0.25) is 0 Å². The number of hydrogen-bond acceptors (Lipinski definition) is 6. The summed E-state index contributed by atoms with van der Waals surface area (Å²) in [6.07, 6.45) is -10.5. The van der Waals surface area contributed by atoms with E-state index in [4.69, 9.17) is 0 Å². The van der Waals surface area contributed by atoms with Crippen molar-refractivity contribution in [3.05, 3.63) is 121 Å². The Kier molecular flexibility index (Phi) is 11.8. The van der Waals surface area contributed by atoms with E-state index in [1.54, 1.807) is 109 Å². The maximum absolute atomic E-state index is 13.8. The van der Waals surface area contributed by atoms with Crippen LogP contribution in [0.25, 0.3) is 44.1 Å². The molecule has 15 heteroatoms. The van der Waals surface area contributed by atoms with Crippen LogP contribution in [-0.2, 0) is 30.3 Å². The summed E-state index contributed by atoms with van der Waals surface area (Å²) in [6.45, 7) is 2.16. The SMILES string of the molecule is CCOC(=O)[C@](O)(c1[nH]c2ccccc2c1-c1ccccc1)C(F)(F)F.CCOC(=O)[C@](O)(c1[nH]c2ccccc2c1-c1ccccc1)C(F)(F)F.O. The van der Waals surface area contributed by atoms with E-state index in [-0.39, 0.29) is 29.8 Å². The maximum atomic E-state index is 13.8. The third-order valence-electron chi connectivity index (χ3n) is 8.22. The Hall–Kier alpha value is -5.64. The van der Waals surface area contributed by atoms with Gasteiger partial charge < -0.3 is 35.1 Å². The van der Waals surface area contributed by atoms with Crippen LogP contribution in [0.2, 0.25) is 0 Å². The number of halogens is 6. The number of H-pyrrole nitrogens is 2. The van der Waals surface area contributed by atoms with Gasteiger partial charge in [-0.3, -0.25) is 0 Å². The van der Waals surface area contributed by atoms with Gasteiger partial charge in [-0.2, -0.15) is 26.3 Å². The summed E-state index contributed by atoms with van der Waals surface area (Å²) < 4.78 is 92.0. The maximum Gasteiger partial charge on any atom is 0.434 e. The Labute approximate surface area is 298 Å². The number of carbonyl (C=O) groups excluding carboxylic acids is 2. The topological polar surface area (TPSA) is 156 Å². The zero-order valence-electron chi connectivity index (χ0n) is 28.1. The Bertz CT molecular complexity index is 2030. The molecule has 280 valence electrons. The lowest BCUT2D eigenvalue weighted by Crippen LogP contribution is -2.50. The van der Waals surface area contributed by atoms with Crippen molar-refractivity contribution in [2.24, 2.45) is 0 Å². The highest BCUT2D eigenvalue weighted by atomic mass is 19.4. The quantitative estimate of drug-likeness (QED) is 0.0936. The highest BCUT2D eigenvalue weighted by molar-refractivity contribution is 6.01. The molecule has 0 aliphatic heterocycles. The van der Waals surface area contributed by atoms with E-state index in [2.05, 4.69) is 19.4 Å². The number of para-hydroxylation sites is 2. The number of alkyl halides is 6. The van der Waals surface area contributed by atoms with E-state index in [1.165, 1.54) is 13.8 Å². The molecule has 2 heterocycles. The summed E-state index contributed by atoms with van der Waals surface area (Å²) in [4.78, 5) is 29.5. The summed E-state index contributed by atoms with van der Waals surface area (Å²) >= 11 is 0. The zero-order chi connectivity index (χ0) is 37.9. The Morgan fingerprint density at radius 1 is 0.547 bits per heavy atom. The van der Waals surface area contributed by atoms with Crippen molar-refractivity contribution in [2.75, 3.05) is 13.2 Å². The molecule has 53 heavy (non-hydrogen) atoms. The number of carbonyl (C=O) groups is 2. The Morgan fingerprint density at radius 3 is 1.15 bits per heavy atom. The number of esters is 2. The molecule has 0 aliphatic carbocycles. The Morgan fingerprint density at radius 2 is 0.849 bits per heavy atom. The monoisotopic (exact) mass is 744 g/mol. The number of hydrogen-bond donors (Lipinski definition) is 4. The number of rotatable bonds is 8. The average molecular weight is 745 g/mol. The van der Waals surface area contributed by atoms with Crippen LogP contribution in [0.3, 0.4) is 0 Å². The first-order valence-electron chi connectivity index (χ1n) is 15.9. The van der Waals surface area contributed by atoms with Crippen LogP contribution in [-0.4, -0.2) is 63.2 Å². The average Bonchev–Trinajstić information content (AvgIpc) is 3.71. The minimum Gasteiger partial charge on any atom is -0.463 e. The van der Waals surface area contributed by atoms with E-state index in [0.717, 1.165) is 0 Å². The van der Waals surface area contributed by atoms with Gasteiger partial charge in [0.25, 0.3) is 11.2 Å². The molecule has 0 unspecified atom stereocenters. The van der Waals surface area contributed by atoms with E-state index in [9.17, 15) is 46.1 Å². The fourth-order valence-electron chi connectivity index (χ4n) is 5.83. The second-order valence-electron chi connectivity index (χ2n) is 11.4. The predicted molar refractivity (Wildman–Crippen MR) is 184 cm³/mol. The molecule has 0 saturated heterocycles. The van der Waals surface area contributed by atoms with Crippen LogP contribution in [0.1, 0.15) is 25.2 Å². The van der Waals surface area contributed by atoms with Crippen molar-refractivity contribution < 1.29 is 61.1 Å². The second kappa shape index (κ2) is 15.5. The fraction of sp³-hybridized carbons (Fsp3) is 0.211. The minimum atomic E-state index is -5.27. The highest BCUT2D eigenvalue weighted by Gasteiger charge is 2.65. The molecule has 6 rings (SSSR count). The van der Waals surface area contributed by atoms with Crippen molar-refractivity contribution in [3.8, 4) is 22.3 Å². The first-order chi connectivity index (χ1) is 24.6. The summed E-state index contributed by atoms with van der Waals surface area (Å²) in [6, 6.07) is 29.6. The molecule has 6 aromatic rings. The van der Waals surface area contributed by atoms with E-state index in [0.29, 0.717) is 32.9 Å². The molecule has 0 radical (unpaired) electrons.